The first kappa shape index (κ1) is 13.3. The normalized spacial score (nSPS) is 15.4. The summed E-state index contributed by atoms with van der Waals surface area (Å²) in [6.45, 7) is 2.03. The van der Waals surface area contributed by atoms with Gasteiger partial charge in [0, 0.05) is 0 Å². The summed E-state index contributed by atoms with van der Waals surface area (Å²) < 4.78 is 0. The van der Waals surface area contributed by atoms with Gasteiger partial charge in [-0.3, -0.25) is 9.78 Å². The summed E-state index contributed by atoms with van der Waals surface area (Å²) in [7, 11) is 0. The van der Waals surface area contributed by atoms with Gasteiger partial charge >= 0.3 is 0 Å². The van der Waals surface area contributed by atoms with E-state index in [-0.39, 0.29) is 11.9 Å². The highest BCUT2D eigenvalue weighted by molar-refractivity contribution is 7.11. The van der Waals surface area contributed by atoms with Crippen LogP contribution in [0.2, 0.25) is 0 Å². The Morgan fingerprint density at radius 2 is 2.10 bits per heavy atom. The summed E-state index contributed by atoms with van der Waals surface area (Å²) >= 11 is 1.37. The number of nitrogens with zero attached hydrogens (tertiary/aromatic N) is 1. The highest BCUT2D eigenvalue weighted by Crippen LogP contribution is 2.25. The van der Waals surface area contributed by atoms with Crippen LogP contribution in [-0.2, 0) is 12.8 Å². The van der Waals surface area contributed by atoms with Crippen LogP contribution in [0.3, 0.4) is 0 Å². The van der Waals surface area contributed by atoms with Gasteiger partial charge in [-0.2, -0.15) is 0 Å². The molecular weight excluding hydrogens is 268 g/mol. The van der Waals surface area contributed by atoms with Crippen LogP contribution in [0.5, 0.6) is 0 Å². The van der Waals surface area contributed by atoms with E-state index in [9.17, 15) is 4.79 Å². The highest BCUT2D eigenvalue weighted by atomic mass is 32.1. The van der Waals surface area contributed by atoms with Crippen molar-refractivity contribution in [1.29, 1.82) is 0 Å². The maximum atomic E-state index is 12.0. The van der Waals surface area contributed by atoms with Gasteiger partial charge in [-0.1, -0.05) is 18.2 Å². The molecule has 1 aliphatic carbocycles. The summed E-state index contributed by atoms with van der Waals surface area (Å²) in [5.41, 5.74) is 5.79. The lowest BCUT2D eigenvalue weighted by Crippen LogP contribution is -2.26. The second-order valence-corrected chi connectivity index (χ2v) is 6.18. The molecule has 0 fully saturated rings. The number of carbonyl (C=O) groups excluding carboxylic acids is 1. The minimum Gasteiger partial charge on any atom is -0.345 e. The topological polar surface area (TPSA) is 42.0 Å². The Bertz CT molecular complexity index is 607. The van der Waals surface area contributed by atoms with Crippen LogP contribution in [0.25, 0.3) is 0 Å². The number of hydrogen-bond donors (Lipinski definition) is 1. The van der Waals surface area contributed by atoms with E-state index in [0.717, 1.165) is 0 Å². The fourth-order valence-electron chi connectivity index (χ4n) is 2.70. The molecule has 2 aromatic rings. The number of benzene rings is 1. The summed E-state index contributed by atoms with van der Waals surface area (Å²) in [5, 5.41) is 3.04. The largest absolute Gasteiger partial charge is 0.345 e. The van der Waals surface area contributed by atoms with E-state index in [1.165, 1.54) is 53.7 Å². The molecule has 1 heterocycles. The monoisotopic (exact) mass is 286 g/mol. The highest BCUT2D eigenvalue weighted by Gasteiger charge is 2.15. The molecule has 0 saturated carbocycles. The fraction of sp³-hybridized carbons (Fsp3) is 0.375. The standard InChI is InChI=1S/C16H18N2OS/c1-11(18-16(19)15-9-17-10-20-15)13-7-6-12-4-2-3-5-14(12)8-13/h6-11H,2-5H2,1H3,(H,18,19)/t11-/m1/s1. The molecule has 1 atom stereocenters. The second kappa shape index (κ2) is 5.75. The molecule has 0 unspecified atom stereocenters. The zero-order chi connectivity index (χ0) is 13.9. The van der Waals surface area contributed by atoms with Crippen molar-refractivity contribution in [1.82, 2.24) is 10.3 Å². The van der Waals surface area contributed by atoms with E-state index >= 15 is 0 Å². The van der Waals surface area contributed by atoms with Gasteiger partial charge in [0.2, 0.25) is 0 Å². The Morgan fingerprint density at radius 3 is 2.85 bits per heavy atom. The Labute approximate surface area is 123 Å². The molecule has 3 nitrogen and oxygen atoms in total. The molecule has 0 saturated heterocycles. The van der Waals surface area contributed by atoms with Crippen molar-refractivity contribution >= 4 is 17.2 Å². The van der Waals surface area contributed by atoms with E-state index in [4.69, 9.17) is 0 Å². The summed E-state index contributed by atoms with van der Waals surface area (Å²) in [5.74, 6) is -0.0438. The first-order valence-corrected chi connectivity index (χ1v) is 7.93. The zero-order valence-electron chi connectivity index (χ0n) is 11.6. The maximum Gasteiger partial charge on any atom is 0.263 e. The molecule has 1 aromatic carbocycles. The summed E-state index contributed by atoms with van der Waals surface area (Å²) in [4.78, 5) is 16.6. The Balaban J connectivity index is 1.74. The maximum absolute atomic E-state index is 12.0. The number of rotatable bonds is 3. The number of amides is 1. The van der Waals surface area contributed by atoms with E-state index in [0.29, 0.717) is 4.88 Å². The minimum absolute atomic E-state index is 0.0248. The quantitative estimate of drug-likeness (QED) is 0.938. The van der Waals surface area contributed by atoms with Gasteiger partial charge in [-0.15, -0.1) is 11.3 Å². The van der Waals surface area contributed by atoms with Gasteiger partial charge in [-0.05, 0) is 49.3 Å². The van der Waals surface area contributed by atoms with Crippen LogP contribution in [-0.4, -0.2) is 10.9 Å². The van der Waals surface area contributed by atoms with Gasteiger partial charge in [0.15, 0.2) is 0 Å². The number of carbonyl (C=O) groups is 1. The van der Waals surface area contributed by atoms with Crippen molar-refractivity contribution in [3.05, 3.63) is 51.5 Å². The SMILES string of the molecule is C[C@@H](NC(=O)c1cncs1)c1ccc2c(c1)CCCC2. The molecular formula is C16H18N2OS. The predicted molar refractivity (Wildman–Crippen MR) is 81.1 cm³/mol. The van der Waals surface area contributed by atoms with E-state index in [1.807, 2.05) is 6.92 Å². The molecule has 0 bridgehead atoms. The van der Waals surface area contributed by atoms with Crippen molar-refractivity contribution in [2.75, 3.05) is 0 Å². The van der Waals surface area contributed by atoms with Crippen LogP contribution in [0, 0.1) is 0 Å². The van der Waals surface area contributed by atoms with Crippen LogP contribution in [0.4, 0.5) is 0 Å². The van der Waals surface area contributed by atoms with Gasteiger partial charge in [-0.25, -0.2) is 0 Å². The average Bonchev–Trinajstić information content (AvgIpc) is 3.01. The number of thiazole rings is 1. The Morgan fingerprint density at radius 1 is 1.30 bits per heavy atom. The molecule has 0 spiro atoms. The molecule has 1 N–H and O–H groups in total. The molecule has 0 radical (unpaired) electrons. The van der Waals surface area contributed by atoms with Gasteiger partial charge < -0.3 is 5.32 Å². The lowest BCUT2D eigenvalue weighted by molar-refractivity contribution is 0.0944. The Hall–Kier alpha value is -1.68. The summed E-state index contributed by atoms with van der Waals surface area (Å²) in [6.07, 6.45) is 6.54. The van der Waals surface area contributed by atoms with Gasteiger partial charge in [0.25, 0.3) is 5.91 Å². The average molecular weight is 286 g/mol. The molecule has 1 aromatic heterocycles. The minimum atomic E-state index is -0.0438. The molecule has 1 aliphatic rings. The van der Waals surface area contributed by atoms with Crippen molar-refractivity contribution < 1.29 is 4.79 Å². The van der Waals surface area contributed by atoms with Crippen LogP contribution < -0.4 is 5.32 Å². The molecule has 104 valence electrons. The van der Waals surface area contributed by atoms with Gasteiger partial charge in [0.05, 0.1) is 17.7 Å². The van der Waals surface area contributed by atoms with Crippen molar-refractivity contribution in [2.45, 2.75) is 38.6 Å². The van der Waals surface area contributed by atoms with Crippen molar-refractivity contribution in [3.63, 3.8) is 0 Å². The van der Waals surface area contributed by atoms with Crippen LogP contribution in [0.15, 0.2) is 29.9 Å². The molecule has 3 rings (SSSR count). The molecule has 20 heavy (non-hydrogen) atoms. The summed E-state index contributed by atoms with van der Waals surface area (Å²) in [6, 6.07) is 6.64. The molecule has 1 amide bonds. The fourth-order valence-corrected chi connectivity index (χ4v) is 3.22. The van der Waals surface area contributed by atoms with Crippen molar-refractivity contribution in [2.24, 2.45) is 0 Å². The lowest BCUT2D eigenvalue weighted by atomic mass is 9.89. The number of aryl methyl sites for hydroxylation is 2. The van der Waals surface area contributed by atoms with Crippen molar-refractivity contribution in [3.8, 4) is 0 Å². The second-order valence-electron chi connectivity index (χ2n) is 5.30. The number of fused-ring (bicyclic) bond motifs is 1. The first-order valence-electron chi connectivity index (χ1n) is 7.05. The number of nitrogens with one attached hydrogen (secondary N) is 1. The first-order chi connectivity index (χ1) is 9.74. The third-order valence-corrected chi connectivity index (χ3v) is 4.65. The zero-order valence-corrected chi connectivity index (χ0v) is 12.4. The predicted octanol–water partition coefficient (Wildman–Crippen LogP) is 3.51. The smallest absolute Gasteiger partial charge is 0.263 e. The molecule has 0 aliphatic heterocycles. The van der Waals surface area contributed by atoms with E-state index in [1.54, 1.807) is 11.7 Å². The lowest BCUT2D eigenvalue weighted by Gasteiger charge is -2.19. The Kier molecular flexibility index (Phi) is 3.83. The van der Waals surface area contributed by atoms with Gasteiger partial charge in [0.1, 0.15) is 4.88 Å². The third-order valence-electron chi connectivity index (χ3n) is 3.88. The third kappa shape index (κ3) is 2.75. The van der Waals surface area contributed by atoms with E-state index < -0.39 is 0 Å². The van der Waals surface area contributed by atoms with E-state index in [2.05, 4.69) is 28.5 Å². The number of hydrogen-bond acceptors (Lipinski definition) is 3. The van der Waals surface area contributed by atoms with Crippen LogP contribution >= 0.6 is 11.3 Å². The number of aromatic nitrogens is 1. The van der Waals surface area contributed by atoms with Crippen LogP contribution in [0.1, 0.15) is 52.2 Å². The molecule has 4 heteroatoms.